The van der Waals surface area contributed by atoms with Gasteiger partial charge in [-0.2, -0.15) is 0 Å². The number of oxazole rings is 1. The number of hydrogen-bond donors (Lipinski definition) is 0. The third-order valence-corrected chi connectivity index (χ3v) is 4.96. The van der Waals surface area contributed by atoms with Crippen LogP contribution in [-0.4, -0.2) is 28.7 Å². The first-order valence-corrected chi connectivity index (χ1v) is 9.21. The van der Waals surface area contributed by atoms with E-state index in [2.05, 4.69) is 0 Å². The summed E-state index contributed by atoms with van der Waals surface area (Å²) in [6.45, 7) is 2.21. The van der Waals surface area contributed by atoms with Gasteiger partial charge in [0.1, 0.15) is 6.04 Å². The molecule has 0 saturated carbocycles. The van der Waals surface area contributed by atoms with E-state index >= 15 is 0 Å². The molecule has 1 heterocycles. The molecule has 0 radical (unpaired) electrons. The number of nitrogens with zero attached hydrogens (tertiary/aromatic N) is 2. The standard InChI is InChI=1S/C19H20N2O3S/c1-13(21-16-6-4-5-7-17(16)24-19(21)23)18(22)20(2)12-14-8-10-15(25-3)11-9-14/h4-11,13H,12H2,1-3H3. The van der Waals surface area contributed by atoms with Crippen LogP contribution in [0.5, 0.6) is 0 Å². The monoisotopic (exact) mass is 356 g/mol. The van der Waals surface area contributed by atoms with Gasteiger partial charge in [-0.25, -0.2) is 4.79 Å². The average Bonchev–Trinajstić information content (AvgIpc) is 2.96. The van der Waals surface area contributed by atoms with Gasteiger partial charge >= 0.3 is 5.76 Å². The normalized spacial score (nSPS) is 12.3. The Labute approximate surface area is 150 Å². The molecule has 2 aromatic carbocycles. The van der Waals surface area contributed by atoms with E-state index in [9.17, 15) is 9.59 Å². The SMILES string of the molecule is CSc1ccc(CN(C)C(=O)C(C)n2c(=O)oc3ccccc32)cc1. The zero-order valence-corrected chi connectivity index (χ0v) is 15.2. The molecule has 0 N–H and O–H groups in total. The zero-order valence-electron chi connectivity index (χ0n) is 14.4. The lowest BCUT2D eigenvalue weighted by Crippen LogP contribution is -2.35. The molecule has 25 heavy (non-hydrogen) atoms. The minimum absolute atomic E-state index is 0.136. The number of rotatable bonds is 5. The van der Waals surface area contributed by atoms with Crippen LogP contribution in [0.1, 0.15) is 18.5 Å². The predicted octanol–water partition coefficient (Wildman–Crippen LogP) is 3.54. The lowest BCUT2D eigenvalue weighted by Gasteiger charge is -2.22. The highest BCUT2D eigenvalue weighted by atomic mass is 32.2. The molecule has 6 heteroatoms. The molecule has 0 bridgehead atoms. The number of thioether (sulfide) groups is 1. The van der Waals surface area contributed by atoms with Gasteiger partial charge in [0.25, 0.3) is 0 Å². The lowest BCUT2D eigenvalue weighted by atomic mass is 10.2. The van der Waals surface area contributed by atoms with Crippen LogP contribution >= 0.6 is 11.8 Å². The van der Waals surface area contributed by atoms with Gasteiger partial charge in [-0.1, -0.05) is 24.3 Å². The molecule has 0 aliphatic rings. The van der Waals surface area contributed by atoms with Crippen LogP contribution in [-0.2, 0) is 11.3 Å². The van der Waals surface area contributed by atoms with Gasteiger partial charge in [0.05, 0.1) is 5.52 Å². The van der Waals surface area contributed by atoms with E-state index in [1.165, 1.54) is 9.46 Å². The van der Waals surface area contributed by atoms with E-state index in [1.807, 2.05) is 36.6 Å². The Morgan fingerprint density at radius 1 is 1.20 bits per heavy atom. The predicted molar refractivity (Wildman–Crippen MR) is 99.9 cm³/mol. The maximum Gasteiger partial charge on any atom is 0.420 e. The Morgan fingerprint density at radius 3 is 2.56 bits per heavy atom. The number of amides is 1. The quantitative estimate of drug-likeness (QED) is 0.656. The first-order chi connectivity index (χ1) is 12.0. The second kappa shape index (κ2) is 7.19. The molecule has 0 aliphatic heterocycles. The fourth-order valence-corrected chi connectivity index (χ4v) is 3.27. The lowest BCUT2D eigenvalue weighted by molar-refractivity contribution is -0.133. The van der Waals surface area contributed by atoms with E-state index in [1.54, 1.807) is 48.8 Å². The van der Waals surface area contributed by atoms with Crippen LogP contribution in [0.4, 0.5) is 0 Å². The summed E-state index contributed by atoms with van der Waals surface area (Å²) in [5, 5.41) is 0. The van der Waals surface area contributed by atoms with Crippen LogP contribution in [0.3, 0.4) is 0 Å². The number of para-hydroxylation sites is 2. The highest BCUT2D eigenvalue weighted by molar-refractivity contribution is 7.98. The summed E-state index contributed by atoms with van der Waals surface area (Å²) >= 11 is 1.68. The molecule has 1 unspecified atom stereocenters. The number of hydrogen-bond acceptors (Lipinski definition) is 4. The fourth-order valence-electron chi connectivity index (χ4n) is 2.86. The summed E-state index contributed by atoms with van der Waals surface area (Å²) in [5.74, 6) is -0.651. The number of carbonyl (C=O) groups excluding carboxylic acids is 1. The van der Waals surface area contributed by atoms with E-state index < -0.39 is 11.8 Å². The Balaban J connectivity index is 1.81. The van der Waals surface area contributed by atoms with Crippen LogP contribution in [0.25, 0.3) is 11.1 Å². The van der Waals surface area contributed by atoms with Crippen molar-refractivity contribution < 1.29 is 9.21 Å². The summed E-state index contributed by atoms with van der Waals surface area (Å²) < 4.78 is 6.64. The molecule has 3 rings (SSSR count). The van der Waals surface area contributed by atoms with E-state index in [0.29, 0.717) is 17.6 Å². The van der Waals surface area contributed by atoms with Crippen molar-refractivity contribution in [1.29, 1.82) is 0 Å². The Morgan fingerprint density at radius 2 is 1.88 bits per heavy atom. The van der Waals surface area contributed by atoms with E-state index in [-0.39, 0.29) is 5.91 Å². The van der Waals surface area contributed by atoms with Crippen molar-refractivity contribution in [3.8, 4) is 0 Å². The molecule has 1 aromatic heterocycles. The first kappa shape index (κ1) is 17.4. The second-order valence-corrected chi connectivity index (χ2v) is 6.80. The van der Waals surface area contributed by atoms with Gasteiger partial charge in [0.2, 0.25) is 5.91 Å². The third-order valence-electron chi connectivity index (χ3n) is 4.22. The first-order valence-electron chi connectivity index (χ1n) is 7.99. The molecular formula is C19H20N2O3S. The smallest absolute Gasteiger partial charge is 0.408 e. The minimum Gasteiger partial charge on any atom is -0.408 e. The molecule has 3 aromatic rings. The molecule has 1 amide bonds. The maximum absolute atomic E-state index is 12.8. The number of benzene rings is 2. The summed E-state index contributed by atoms with van der Waals surface area (Å²) in [6.07, 6.45) is 2.03. The third kappa shape index (κ3) is 3.49. The number of likely N-dealkylation sites (N-methyl/N-ethyl adjacent to an activating group) is 1. The number of aromatic nitrogens is 1. The van der Waals surface area contributed by atoms with Crippen molar-refractivity contribution in [3.05, 3.63) is 64.6 Å². The van der Waals surface area contributed by atoms with Gasteiger partial charge in [-0.3, -0.25) is 9.36 Å². The van der Waals surface area contributed by atoms with Gasteiger partial charge in [0.15, 0.2) is 5.58 Å². The summed E-state index contributed by atoms with van der Waals surface area (Å²) in [5.41, 5.74) is 2.17. The van der Waals surface area contributed by atoms with Crippen molar-refractivity contribution >= 4 is 28.8 Å². The summed E-state index contributed by atoms with van der Waals surface area (Å²) in [4.78, 5) is 27.8. The van der Waals surface area contributed by atoms with Crippen molar-refractivity contribution in [1.82, 2.24) is 9.47 Å². The average molecular weight is 356 g/mol. The fraction of sp³-hybridized carbons (Fsp3) is 0.263. The molecule has 0 fully saturated rings. The highest BCUT2D eigenvalue weighted by Gasteiger charge is 2.24. The van der Waals surface area contributed by atoms with E-state index in [0.717, 1.165) is 5.56 Å². The van der Waals surface area contributed by atoms with Crippen molar-refractivity contribution in [2.24, 2.45) is 0 Å². The number of fused-ring (bicyclic) bond motifs is 1. The Kier molecular flexibility index (Phi) is 4.99. The molecule has 0 saturated heterocycles. The molecule has 130 valence electrons. The van der Waals surface area contributed by atoms with Crippen molar-refractivity contribution in [3.63, 3.8) is 0 Å². The zero-order chi connectivity index (χ0) is 18.0. The largest absolute Gasteiger partial charge is 0.420 e. The Bertz CT molecular complexity index is 943. The van der Waals surface area contributed by atoms with Gasteiger partial charge in [-0.15, -0.1) is 11.8 Å². The van der Waals surface area contributed by atoms with Crippen LogP contribution < -0.4 is 5.76 Å². The van der Waals surface area contributed by atoms with Gasteiger partial charge in [0, 0.05) is 18.5 Å². The highest BCUT2D eigenvalue weighted by Crippen LogP contribution is 2.19. The second-order valence-electron chi connectivity index (χ2n) is 5.92. The summed E-state index contributed by atoms with van der Waals surface area (Å²) in [7, 11) is 1.74. The molecule has 0 aliphatic carbocycles. The van der Waals surface area contributed by atoms with Crippen LogP contribution in [0.15, 0.2) is 62.6 Å². The summed E-state index contributed by atoms with van der Waals surface area (Å²) in [6, 6.07) is 14.6. The van der Waals surface area contributed by atoms with Crippen molar-refractivity contribution in [2.45, 2.75) is 24.4 Å². The van der Waals surface area contributed by atoms with Crippen molar-refractivity contribution in [2.75, 3.05) is 13.3 Å². The maximum atomic E-state index is 12.8. The van der Waals surface area contributed by atoms with Crippen LogP contribution in [0.2, 0.25) is 0 Å². The topological polar surface area (TPSA) is 55.5 Å². The van der Waals surface area contributed by atoms with E-state index in [4.69, 9.17) is 4.42 Å². The van der Waals surface area contributed by atoms with Gasteiger partial charge in [-0.05, 0) is 43.0 Å². The Hall–Kier alpha value is -2.47. The molecule has 5 nitrogen and oxygen atoms in total. The minimum atomic E-state index is -0.633. The van der Waals surface area contributed by atoms with Crippen LogP contribution in [0, 0.1) is 0 Å². The molecule has 0 spiro atoms. The molecular weight excluding hydrogens is 336 g/mol. The number of carbonyl (C=O) groups is 1. The van der Waals surface area contributed by atoms with Gasteiger partial charge < -0.3 is 9.32 Å². The molecule has 1 atom stereocenters.